The Morgan fingerprint density at radius 2 is 1.09 bits per heavy atom. The van der Waals surface area contributed by atoms with Gasteiger partial charge in [0.25, 0.3) is 0 Å². The molecule has 114 valence electrons. The maximum Gasteiger partial charge on any atom is 2.00 e. The largest absolute Gasteiger partial charge is 2.00 e. The SMILES string of the molecule is O=C([O-])c1ccccc1OSSOc1ccccc1C(=O)[O-].[Mg+2]. The molecule has 0 aromatic heterocycles. The summed E-state index contributed by atoms with van der Waals surface area (Å²) < 4.78 is 10.4. The van der Waals surface area contributed by atoms with Crippen molar-refractivity contribution in [3.05, 3.63) is 59.7 Å². The van der Waals surface area contributed by atoms with Gasteiger partial charge in [-0.25, -0.2) is 0 Å². The van der Waals surface area contributed by atoms with E-state index in [4.69, 9.17) is 8.37 Å². The first-order valence-corrected chi connectivity index (χ1v) is 7.88. The molecule has 2 rings (SSSR count). The number of hydrogen-bond donors (Lipinski definition) is 0. The number of hydrogen-bond acceptors (Lipinski definition) is 8. The minimum Gasteiger partial charge on any atom is -0.545 e. The smallest absolute Gasteiger partial charge is 0.545 e. The molecule has 0 unspecified atom stereocenters. The second-order valence-electron chi connectivity index (χ2n) is 3.87. The number of carboxylic acid groups (broad SMARTS) is 2. The van der Waals surface area contributed by atoms with E-state index in [0.29, 0.717) is 0 Å². The molecule has 0 fully saturated rings. The topological polar surface area (TPSA) is 98.7 Å². The molecule has 2 aromatic carbocycles. The van der Waals surface area contributed by atoms with E-state index in [2.05, 4.69) is 0 Å². The first kappa shape index (κ1) is 19.5. The van der Waals surface area contributed by atoms with Crippen LogP contribution >= 0.6 is 22.1 Å². The van der Waals surface area contributed by atoms with Gasteiger partial charge in [-0.15, -0.1) is 0 Å². The summed E-state index contributed by atoms with van der Waals surface area (Å²) in [7, 11) is 0. The third-order valence-electron chi connectivity index (χ3n) is 2.49. The molecule has 0 aliphatic rings. The van der Waals surface area contributed by atoms with Crippen LogP contribution in [0.4, 0.5) is 0 Å². The Bertz CT molecular complexity index is 635. The second-order valence-corrected chi connectivity index (χ2v) is 5.29. The summed E-state index contributed by atoms with van der Waals surface area (Å²) in [6, 6.07) is 11.9. The minimum atomic E-state index is -1.36. The molecule has 0 amide bonds. The molecule has 0 saturated carbocycles. The van der Waals surface area contributed by atoms with Crippen LogP contribution in [0.1, 0.15) is 20.7 Å². The van der Waals surface area contributed by atoms with E-state index < -0.39 is 11.9 Å². The molecule has 23 heavy (non-hydrogen) atoms. The monoisotopic (exact) mass is 360 g/mol. The van der Waals surface area contributed by atoms with Crippen molar-refractivity contribution in [3.8, 4) is 11.5 Å². The summed E-state index contributed by atoms with van der Waals surface area (Å²) in [6.07, 6.45) is 0. The molecule has 9 heteroatoms. The maximum atomic E-state index is 10.9. The summed E-state index contributed by atoms with van der Waals surface area (Å²) in [5, 5.41) is 21.8. The summed E-state index contributed by atoms with van der Waals surface area (Å²) in [5.41, 5.74) is -0.184. The fraction of sp³-hybridized carbons (Fsp3) is 0. The summed E-state index contributed by atoms with van der Waals surface area (Å²) in [6.45, 7) is 0. The van der Waals surface area contributed by atoms with Crippen molar-refractivity contribution in [1.82, 2.24) is 0 Å². The fourth-order valence-corrected chi connectivity index (χ4v) is 2.62. The predicted molar refractivity (Wildman–Crippen MR) is 83.7 cm³/mol. The van der Waals surface area contributed by atoms with Gasteiger partial charge in [0.2, 0.25) is 0 Å². The molecule has 0 atom stereocenters. The molecule has 0 aliphatic carbocycles. The van der Waals surface area contributed by atoms with Crippen LogP contribution in [0.25, 0.3) is 0 Å². The molecule has 2 aromatic rings. The number of carbonyl (C=O) groups is 2. The van der Waals surface area contributed by atoms with Gasteiger partial charge in [-0.1, -0.05) is 24.3 Å². The number of carbonyl (C=O) groups excluding carboxylic acids is 2. The van der Waals surface area contributed by atoms with Gasteiger partial charge in [0, 0.05) is 11.1 Å². The number of aromatic carboxylic acids is 2. The maximum absolute atomic E-state index is 10.9. The van der Waals surface area contributed by atoms with Crippen molar-refractivity contribution in [2.24, 2.45) is 0 Å². The molecule has 0 radical (unpaired) electrons. The number of carboxylic acids is 2. The van der Waals surface area contributed by atoms with E-state index in [1.54, 1.807) is 24.3 Å². The van der Waals surface area contributed by atoms with Crippen LogP contribution in [-0.4, -0.2) is 35.0 Å². The third kappa shape index (κ3) is 5.54. The van der Waals surface area contributed by atoms with Gasteiger partial charge in [0.1, 0.15) is 11.5 Å². The normalized spacial score (nSPS) is 9.57. The second kappa shape index (κ2) is 9.56. The van der Waals surface area contributed by atoms with Gasteiger partial charge in [0.15, 0.2) is 22.1 Å². The average Bonchev–Trinajstić information content (AvgIpc) is 2.52. The van der Waals surface area contributed by atoms with Gasteiger partial charge in [-0.05, 0) is 24.3 Å². The van der Waals surface area contributed by atoms with E-state index in [0.717, 1.165) is 22.1 Å². The summed E-state index contributed by atoms with van der Waals surface area (Å²) >= 11 is 1.49. The van der Waals surface area contributed by atoms with Crippen molar-refractivity contribution in [1.29, 1.82) is 0 Å². The average molecular weight is 361 g/mol. The molecular formula is C14H8MgO6S2. The van der Waals surface area contributed by atoms with Crippen molar-refractivity contribution < 1.29 is 28.2 Å². The Labute approximate surface area is 156 Å². The molecule has 0 spiro atoms. The molecule has 0 heterocycles. The van der Waals surface area contributed by atoms with Gasteiger partial charge >= 0.3 is 23.1 Å². The molecule has 0 bridgehead atoms. The summed E-state index contributed by atoms with van der Waals surface area (Å²) in [4.78, 5) is 21.8. The number of rotatable bonds is 7. The Hall–Kier alpha value is -1.55. The van der Waals surface area contributed by atoms with Gasteiger partial charge < -0.3 is 28.2 Å². The van der Waals surface area contributed by atoms with E-state index in [1.807, 2.05) is 0 Å². The fourth-order valence-electron chi connectivity index (χ4n) is 1.52. The Morgan fingerprint density at radius 1 is 0.739 bits per heavy atom. The van der Waals surface area contributed by atoms with Crippen LogP contribution in [0.5, 0.6) is 11.5 Å². The van der Waals surface area contributed by atoms with Crippen LogP contribution in [0, 0.1) is 0 Å². The molecule has 0 aliphatic heterocycles. The van der Waals surface area contributed by atoms with Crippen LogP contribution in [0.3, 0.4) is 0 Å². The van der Waals surface area contributed by atoms with E-state index >= 15 is 0 Å². The van der Waals surface area contributed by atoms with Gasteiger partial charge in [-0.2, -0.15) is 0 Å². The zero-order chi connectivity index (χ0) is 15.9. The minimum absolute atomic E-state index is 0. The van der Waals surface area contributed by atoms with Crippen LogP contribution in [-0.2, 0) is 0 Å². The van der Waals surface area contributed by atoms with Gasteiger partial charge in [-0.3, -0.25) is 0 Å². The van der Waals surface area contributed by atoms with Crippen molar-refractivity contribution >= 4 is 57.1 Å². The Balaban J connectivity index is 0.00000264. The first-order valence-electron chi connectivity index (χ1n) is 5.88. The first-order chi connectivity index (χ1) is 10.6. The number of para-hydroxylation sites is 2. The molecule has 0 saturated heterocycles. The Morgan fingerprint density at radius 3 is 1.43 bits per heavy atom. The van der Waals surface area contributed by atoms with E-state index in [1.165, 1.54) is 24.3 Å². The van der Waals surface area contributed by atoms with Crippen LogP contribution in [0.2, 0.25) is 0 Å². The zero-order valence-corrected chi connectivity index (χ0v) is 14.6. The van der Waals surface area contributed by atoms with Crippen molar-refractivity contribution in [2.45, 2.75) is 0 Å². The zero-order valence-electron chi connectivity index (χ0n) is 11.6. The van der Waals surface area contributed by atoms with E-state index in [-0.39, 0.29) is 45.7 Å². The van der Waals surface area contributed by atoms with Crippen molar-refractivity contribution in [2.75, 3.05) is 0 Å². The van der Waals surface area contributed by atoms with Crippen molar-refractivity contribution in [3.63, 3.8) is 0 Å². The van der Waals surface area contributed by atoms with Crippen LogP contribution < -0.4 is 18.6 Å². The molecule has 0 N–H and O–H groups in total. The molecular weight excluding hydrogens is 353 g/mol. The third-order valence-corrected chi connectivity index (χ3v) is 3.61. The predicted octanol–water partition coefficient (Wildman–Crippen LogP) is 0.702. The quantitative estimate of drug-likeness (QED) is 0.308. The van der Waals surface area contributed by atoms with Crippen LogP contribution in [0.15, 0.2) is 48.5 Å². The number of benzene rings is 2. The molecule has 6 nitrogen and oxygen atoms in total. The standard InChI is InChI=1S/C14H10O6S2.Mg/c15-13(16)9-5-1-3-7-11(9)19-21-22-20-12-8-4-2-6-10(12)14(17)18;/h1-8H,(H,15,16)(H,17,18);/q;+2/p-2. The van der Waals surface area contributed by atoms with Gasteiger partial charge in [0.05, 0.1) is 11.9 Å². The summed E-state index contributed by atoms with van der Waals surface area (Å²) in [5.74, 6) is -2.50. The Kier molecular flexibility index (Phi) is 8.10. The van der Waals surface area contributed by atoms with E-state index in [9.17, 15) is 19.8 Å².